The van der Waals surface area contributed by atoms with Gasteiger partial charge in [0.1, 0.15) is 13.2 Å². The van der Waals surface area contributed by atoms with E-state index < -0.39 is 11.7 Å². The van der Waals surface area contributed by atoms with Crippen molar-refractivity contribution in [3.8, 4) is 17.1 Å². The molecular weight excluding hydrogens is 503 g/mol. The Morgan fingerprint density at radius 1 is 1.21 bits per heavy atom. The summed E-state index contributed by atoms with van der Waals surface area (Å²) in [7, 11) is 0. The van der Waals surface area contributed by atoms with Gasteiger partial charge in [-0.2, -0.15) is 23.4 Å². The van der Waals surface area contributed by atoms with Gasteiger partial charge in [-0.3, -0.25) is 4.79 Å². The topological polar surface area (TPSA) is 150 Å². The third kappa shape index (κ3) is 4.56. The van der Waals surface area contributed by atoms with Crippen LogP contribution >= 0.6 is 0 Å². The SMILES string of the molecule is Cc1cc(-c2ncc3cc(C(F)(F)F)ccc3n2)ccc1N1CCOc2cnn(C/C(=N/N)NN)c2C1=O. The summed E-state index contributed by atoms with van der Waals surface area (Å²) in [4.78, 5) is 23.9. The van der Waals surface area contributed by atoms with Gasteiger partial charge in [-0.15, -0.1) is 0 Å². The van der Waals surface area contributed by atoms with Gasteiger partial charge in [0.2, 0.25) is 0 Å². The minimum absolute atomic E-state index is 0.0347. The zero-order chi connectivity index (χ0) is 27.0. The number of amides is 1. The number of halogens is 3. The van der Waals surface area contributed by atoms with Crippen LogP contribution in [0.5, 0.6) is 5.75 Å². The molecule has 11 nitrogen and oxygen atoms in total. The molecule has 4 aromatic rings. The lowest BCUT2D eigenvalue weighted by molar-refractivity contribution is -0.137. The number of carbonyl (C=O) groups excluding carboxylic acids is 1. The molecule has 1 amide bonds. The number of hydrogen-bond donors (Lipinski definition) is 3. The van der Waals surface area contributed by atoms with Crippen molar-refractivity contribution in [2.24, 2.45) is 16.8 Å². The van der Waals surface area contributed by atoms with Crippen molar-refractivity contribution in [1.82, 2.24) is 25.2 Å². The smallest absolute Gasteiger partial charge is 0.416 e. The Morgan fingerprint density at radius 3 is 2.74 bits per heavy atom. The summed E-state index contributed by atoms with van der Waals surface area (Å²) in [5, 5.41) is 8.03. The fraction of sp³-hybridized carbons (Fsp3) is 0.208. The molecule has 5 N–H and O–H groups in total. The zero-order valence-electron chi connectivity index (χ0n) is 20.0. The van der Waals surface area contributed by atoms with Gasteiger partial charge >= 0.3 is 6.18 Å². The summed E-state index contributed by atoms with van der Waals surface area (Å²) in [5.41, 5.74) is 4.25. The minimum Gasteiger partial charge on any atom is -0.488 e. The highest BCUT2D eigenvalue weighted by molar-refractivity contribution is 6.07. The number of fused-ring (bicyclic) bond motifs is 2. The number of amidine groups is 1. The Kier molecular flexibility index (Phi) is 6.32. The first kappa shape index (κ1) is 25.0. The van der Waals surface area contributed by atoms with Gasteiger partial charge in [0.05, 0.1) is 23.8 Å². The average molecular weight is 525 g/mol. The standard InChI is InChI=1S/C24H22F3N9O2/c1-13-8-14(22-30-10-15-9-16(24(25,26)27)3-4-17(15)32-22)2-5-18(13)35-6-7-38-19-11-31-36(21(19)23(35)37)12-20(33-28)34-29/h2-5,8-11H,6-7,12,28-29H2,1H3,(H,33,34). The van der Waals surface area contributed by atoms with E-state index in [9.17, 15) is 18.0 Å². The summed E-state index contributed by atoms with van der Waals surface area (Å²) in [6.07, 6.45) is -1.63. The number of nitrogens with one attached hydrogen (secondary N) is 1. The van der Waals surface area contributed by atoms with E-state index in [1.807, 2.05) is 13.0 Å². The van der Waals surface area contributed by atoms with E-state index in [1.54, 1.807) is 17.0 Å². The van der Waals surface area contributed by atoms with Crippen LogP contribution in [0.3, 0.4) is 0 Å². The first-order valence-electron chi connectivity index (χ1n) is 11.4. The molecule has 0 unspecified atom stereocenters. The molecule has 14 heteroatoms. The molecule has 2 aromatic carbocycles. The highest BCUT2D eigenvalue weighted by atomic mass is 19.4. The molecular formula is C24H22F3N9O2. The molecule has 0 saturated heterocycles. The highest BCUT2D eigenvalue weighted by Crippen LogP contribution is 2.33. The highest BCUT2D eigenvalue weighted by Gasteiger charge is 2.31. The summed E-state index contributed by atoms with van der Waals surface area (Å²) in [6.45, 7) is 2.40. The largest absolute Gasteiger partial charge is 0.488 e. The monoisotopic (exact) mass is 525 g/mol. The number of nitrogens with two attached hydrogens (primary N) is 2. The summed E-state index contributed by atoms with van der Waals surface area (Å²) < 4.78 is 46.2. The number of alkyl halides is 3. The van der Waals surface area contributed by atoms with Gasteiger partial charge in [-0.05, 0) is 48.9 Å². The third-order valence-electron chi connectivity index (χ3n) is 6.10. The molecule has 1 aliphatic heterocycles. The Hall–Kier alpha value is -4.72. The van der Waals surface area contributed by atoms with Crippen LogP contribution in [0.1, 0.15) is 21.6 Å². The first-order chi connectivity index (χ1) is 18.2. The van der Waals surface area contributed by atoms with Crippen LogP contribution in [0.15, 0.2) is 53.9 Å². The molecule has 5 rings (SSSR count). The lowest BCUT2D eigenvalue weighted by Crippen LogP contribution is -2.37. The molecule has 3 heterocycles. The van der Waals surface area contributed by atoms with Gasteiger partial charge < -0.3 is 20.9 Å². The van der Waals surface area contributed by atoms with E-state index >= 15 is 0 Å². The van der Waals surface area contributed by atoms with Crippen LogP contribution in [0.2, 0.25) is 0 Å². The predicted octanol–water partition coefficient (Wildman–Crippen LogP) is 2.60. The van der Waals surface area contributed by atoms with E-state index in [4.69, 9.17) is 16.4 Å². The Bertz CT molecular complexity index is 1570. The molecule has 0 atom stereocenters. The number of nitrogens with zero attached hydrogens (tertiary/aromatic N) is 6. The quantitative estimate of drug-likeness (QED) is 0.159. The number of anilines is 1. The molecule has 0 fully saturated rings. The van der Waals surface area contributed by atoms with Crippen LogP contribution in [0, 0.1) is 6.92 Å². The van der Waals surface area contributed by atoms with Gasteiger partial charge in [0.15, 0.2) is 23.1 Å². The maximum atomic E-state index is 13.6. The van der Waals surface area contributed by atoms with E-state index in [0.29, 0.717) is 28.3 Å². The normalized spacial score (nSPS) is 14.3. The number of aryl methyl sites for hydroxylation is 1. The fourth-order valence-corrected chi connectivity index (χ4v) is 4.23. The molecule has 2 aromatic heterocycles. The fourth-order valence-electron chi connectivity index (χ4n) is 4.23. The number of carbonyl (C=O) groups is 1. The molecule has 196 valence electrons. The number of ether oxygens (including phenoxy) is 1. The predicted molar refractivity (Wildman–Crippen MR) is 133 cm³/mol. The van der Waals surface area contributed by atoms with E-state index in [-0.39, 0.29) is 42.5 Å². The van der Waals surface area contributed by atoms with Crippen LogP contribution in [-0.4, -0.2) is 44.6 Å². The molecule has 38 heavy (non-hydrogen) atoms. The maximum absolute atomic E-state index is 13.6. The summed E-state index contributed by atoms with van der Waals surface area (Å²) in [6, 6.07) is 8.67. The second-order valence-corrected chi connectivity index (χ2v) is 8.51. The van der Waals surface area contributed by atoms with Crippen molar-refractivity contribution in [3.05, 3.63) is 65.6 Å². The minimum atomic E-state index is -4.45. The number of hydrazine groups is 1. The second-order valence-electron chi connectivity index (χ2n) is 8.51. The molecule has 0 spiro atoms. The lowest BCUT2D eigenvalue weighted by atomic mass is 10.1. The van der Waals surface area contributed by atoms with Crippen molar-refractivity contribution in [1.29, 1.82) is 0 Å². The third-order valence-corrected chi connectivity index (χ3v) is 6.10. The maximum Gasteiger partial charge on any atom is 0.416 e. The van der Waals surface area contributed by atoms with Crippen molar-refractivity contribution >= 4 is 28.3 Å². The number of rotatable bonds is 4. The van der Waals surface area contributed by atoms with Gasteiger partial charge in [-0.25, -0.2) is 20.5 Å². The average Bonchev–Trinajstić information content (AvgIpc) is 3.22. The summed E-state index contributed by atoms with van der Waals surface area (Å²) in [5.74, 6) is 11.3. The zero-order valence-corrected chi connectivity index (χ0v) is 20.0. The molecule has 0 saturated carbocycles. The number of hydrogen-bond acceptors (Lipinski definition) is 8. The van der Waals surface area contributed by atoms with Gasteiger partial charge in [-0.1, -0.05) is 0 Å². The van der Waals surface area contributed by atoms with Crippen LogP contribution < -0.4 is 26.7 Å². The molecule has 0 aliphatic carbocycles. The Morgan fingerprint density at radius 2 is 2.03 bits per heavy atom. The van der Waals surface area contributed by atoms with Crippen molar-refractivity contribution in [3.63, 3.8) is 0 Å². The first-order valence-corrected chi connectivity index (χ1v) is 11.4. The van der Waals surface area contributed by atoms with Crippen molar-refractivity contribution in [2.45, 2.75) is 19.6 Å². The Labute approximate surface area is 213 Å². The molecule has 0 radical (unpaired) electrons. The van der Waals surface area contributed by atoms with Crippen molar-refractivity contribution < 1.29 is 22.7 Å². The Balaban J connectivity index is 1.45. The number of hydrazone groups is 1. The van der Waals surface area contributed by atoms with Crippen molar-refractivity contribution in [2.75, 3.05) is 18.1 Å². The van der Waals surface area contributed by atoms with Crippen LogP contribution in [0.4, 0.5) is 18.9 Å². The second kappa shape index (κ2) is 9.63. The lowest BCUT2D eigenvalue weighted by Gasteiger charge is -2.23. The van der Waals surface area contributed by atoms with Gasteiger partial charge in [0, 0.05) is 22.8 Å². The number of benzene rings is 2. The summed E-state index contributed by atoms with van der Waals surface area (Å²) >= 11 is 0. The van der Waals surface area contributed by atoms with E-state index in [0.717, 1.165) is 17.7 Å². The van der Waals surface area contributed by atoms with Crippen LogP contribution in [0.25, 0.3) is 22.3 Å². The van der Waals surface area contributed by atoms with Crippen LogP contribution in [-0.2, 0) is 12.7 Å². The molecule has 1 aliphatic rings. The number of aromatic nitrogens is 4. The van der Waals surface area contributed by atoms with E-state index in [1.165, 1.54) is 23.1 Å². The van der Waals surface area contributed by atoms with Gasteiger partial charge in [0.25, 0.3) is 5.91 Å². The van der Waals surface area contributed by atoms with E-state index in [2.05, 4.69) is 25.6 Å². The molecule has 0 bridgehead atoms.